The number of nitrogens with zero attached hydrogens (tertiary/aromatic N) is 1. The van der Waals surface area contributed by atoms with Gasteiger partial charge in [0, 0.05) is 30.7 Å². The molecule has 0 N–H and O–H groups in total. The number of carbonyl (C=O) groups is 1. The fraction of sp³-hybridized carbons (Fsp3) is 0.611. The molecule has 1 fully saturated rings. The highest BCUT2D eigenvalue weighted by molar-refractivity contribution is 7.99. The highest BCUT2D eigenvalue weighted by Gasteiger charge is 2.20. The number of hydrogen-bond acceptors (Lipinski definition) is 2. The van der Waals surface area contributed by atoms with Gasteiger partial charge in [0.15, 0.2) is 0 Å². The molecule has 1 saturated heterocycles. The highest BCUT2D eigenvalue weighted by Crippen LogP contribution is 2.24. The number of benzene rings is 1. The third-order valence-corrected chi connectivity index (χ3v) is 5.53. The minimum Gasteiger partial charge on any atom is -0.343 e. The lowest BCUT2D eigenvalue weighted by Gasteiger charge is -2.31. The van der Waals surface area contributed by atoms with Gasteiger partial charge in [-0.2, -0.15) is 0 Å². The lowest BCUT2D eigenvalue weighted by molar-refractivity contribution is -0.130. The van der Waals surface area contributed by atoms with Crippen LogP contribution in [0.3, 0.4) is 0 Å². The van der Waals surface area contributed by atoms with Crippen LogP contribution in [0.15, 0.2) is 29.2 Å². The average molecular weight is 305 g/mol. The monoisotopic (exact) mass is 305 g/mol. The van der Waals surface area contributed by atoms with Crippen LogP contribution in [0.25, 0.3) is 0 Å². The Balaban J connectivity index is 1.80. The van der Waals surface area contributed by atoms with Gasteiger partial charge in [-0.15, -0.1) is 11.8 Å². The van der Waals surface area contributed by atoms with Gasteiger partial charge in [0.2, 0.25) is 5.91 Å². The predicted molar refractivity (Wildman–Crippen MR) is 90.7 cm³/mol. The molecule has 1 amide bonds. The van der Waals surface area contributed by atoms with Gasteiger partial charge in [0.25, 0.3) is 0 Å². The number of amides is 1. The van der Waals surface area contributed by atoms with E-state index in [0.29, 0.717) is 0 Å². The Hall–Kier alpha value is -0.960. The van der Waals surface area contributed by atoms with Crippen molar-refractivity contribution < 1.29 is 4.79 Å². The number of likely N-dealkylation sites (tertiary alicyclic amines) is 1. The lowest BCUT2D eigenvalue weighted by Crippen LogP contribution is -2.37. The van der Waals surface area contributed by atoms with Crippen molar-refractivity contribution in [2.24, 2.45) is 11.8 Å². The second-order valence-corrected chi connectivity index (χ2v) is 7.60. The summed E-state index contributed by atoms with van der Waals surface area (Å²) in [5, 5.41) is 0. The van der Waals surface area contributed by atoms with Crippen LogP contribution in [0, 0.1) is 11.8 Å². The third-order valence-electron chi connectivity index (χ3n) is 4.09. The van der Waals surface area contributed by atoms with E-state index >= 15 is 0 Å². The Bertz CT molecular complexity index is 447. The quantitative estimate of drug-likeness (QED) is 0.759. The first kappa shape index (κ1) is 16.4. The van der Waals surface area contributed by atoms with Gasteiger partial charge >= 0.3 is 0 Å². The van der Waals surface area contributed by atoms with E-state index in [4.69, 9.17) is 0 Å². The second-order valence-electron chi connectivity index (χ2n) is 6.50. The summed E-state index contributed by atoms with van der Waals surface area (Å²) in [5.41, 5.74) is 1.44. The molecule has 0 radical (unpaired) electrons. The average Bonchev–Trinajstić information content (AvgIpc) is 2.47. The highest BCUT2D eigenvalue weighted by atomic mass is 32.2. The topological polar surface area (TPSA) is 20.3 Å². The molecule has 3 heteroatoms. The minimum atomic E-state index is 0.222. The first-order chi connectivity index (χ1) is 10.0. The van der Waals surface area contributed by atoms with Crippen LogP contribution in [0.1, 0.15) is 39.2 Å². The summed E-state index contributed by atoms with van der Waals surface area (Å²) in [6.07, 6.45) is 3.44. The van der Waals surface area contributed by atoms with Crippen LogP contribution < -0.4 is 0 Å². The molecule has 2 rings (SSSR count). The normalized spacial score (nSPS) is 16.5. The van der Waals surface area contributed by atoms with Gasteiger partial charge in [-0.3, -0.25) is 4.79 Å². The molecule has 0 saturated carbocycles. The van der Waals surface area contributed by atoms with E-state index in [2.05, 4.69) is 38.1 Å². The maximum Gasteiger partial charge on any atom is 0.219 e. The fourth-order valence-corrected chi connectivity index (χ4v) is 3.62. The van der Waals surface area contributed by atoms with Crippen molar-refractivity contribution >= 4 is 17.7 Å². The zero-order valence-corrected chi connectivity index (χ0v) is 14.3. The third kappa shape index (κ3) is 5.39. The molecule has 0 spiro atoms. The molecule has 21 heavy (non-hydrogen) atoms. The molecule has 1 aliphatic heterocycles. The SMILES string of the molecule is CC(=O)N1CCC(Cc2ccc(SCC(C)C)cc2)CC1. The van der Waals surface area contributed by atoms with Crippen molar-refractivity contribution in [1.29, 1.82) is 0 Å². The Labute approximate surface area is 133 Å². The number of rotatable bonds is 5. The van der Waals surface area contributed by atoms with Crippen molar-refractivity contribution in [1.82, 2.24) is 4.90 Å². The minimum absolute atomic E-state index is 0.222. The summed E-state index contributed by atoms with van der Waals surface area (Å²) < 4.78 is 0. The maximum absolute atomic E-state index is 11.3. The van der Waals surface area contributed by atoms with E-state index in [1.54, 1.807) is 6.92 Å². The Morgan fingerprint density at radius 1 is 1.24 bits per heavy atom. The lowest BCUT2D eigenvalue weighted by atomic mass is 9.90. The fourth-order valence-electron chi connectivity index (χ4n) is 2.77. The second kappa shape index (κ2) is 7.88. The smallest absolute Gasteiger partial charge is 0.219 e. The summed E-state index contributed by atoms with van der Waals surface area (Å²) in [7, 11) is 0. The summed E-state index contributed by atoms with van der Waals surface area (Å²) in [4.78, 5) is 14.7. The Morgan fingerprint density at radius 2 is 1.86 bits per heavy atom. The number of carbonyl (C=O) groups excluding carboxylic acids is 1. The van der Waals surface area contributed by atoms with Crippen LogP contribution >= 0.6 is 11.8 Å². The number of hydrogen-bond donors (Lipinski definition) is 0. The van der Waals surface area contributed by atoms with E-state index in [9.17, 15) is 4.79 Å². The molecule has 1 aliphatic rings. The van der Waals surface area contributed by atoms with Gasteiger partial charge in [0.1, 0.15) is 0 Å². The molecule has 0 aliphatic carbocycles. The van der Waals surface area contributed by atoms with Crippen molar-refractivity contribution in [2.75, 3.05) is 18.8 Å². The van der Waals surface area contributed by atoms with Crippen molar-refractivity contribution in [3.8, 4) is 0 Å². The standard InChI is InChI=1S/C18H27NOS/c1-14(2)13-21-18-6-4-16(5-7-18)12-17-8-10-19(11-9-17)15(3)20/h4-7,14,17H,8-13H2,1-3H3. The van der Waals surface area contributed by atoms with E-state index in [1.165, 1.54) is 16.2 Å². The van der Waals surface area contributed by atoms with Gasteiger partial charge in [0.05, 0.1) is 0 Å². The van der Waals surface area contributed by atoms with Crippen molar-refractivity contribution in [3.63, 3.8) is 0 Å². The predicted octanol–water partition coefficient (Wildman–Crippen LogP) is 4.24. The number of piperidine rings is 1. The van der Waals surface area contributed by atoms with E-state index in [1.807, 2.05) is 16.7 Å². The summed E-state index contributed by atoms with van der Waals surface area (Å²) in [6, 6.07) is 9.07. The first-order valence-electron chi connectivity index (χ1n) is 8.02. The maximum atomic E-state index is 11.3. The molecule has 1 aromatic rings. The molecule has 2 nitrogen and oxygen atoms in total. The van der Waals surface area contributed by atoms with Crippen molar-refractivity contribution in [3.05, 3.63) is 29.8 Å². The van der Waals surface area contributed by atoms with Gasteiger partial charge in [-0.05, 0) is 48.8 Å². The molecule has 116 valence electrons. The molecule has 0 bridgehead atoms. The summed E-state index contributed by atoms with van der Waals surface area (Å²) in [6.45, 7) is 8.06. The molecular formula is C18H27NOS. The van der Waals surface area contributed by atoms with Crippen LogP contribution in [-0.4, -0.2) is 29.6 Å². The van der Waals surface area contributed by atoms with E-state index < -0.39 is 0 Å². The zero-order valence-electron chi connectivity index (χ0n) is 13.5. The first-order valence-corrected chi connectivity index (χ1v) is 9.00. The Morgan fingerprint density at radius 3 is 2.38 bits per heavy atom. The van der Waals surface area contributed by atoms with Crippen LogP contribution in [0.5, 0.6) is 0 Å². The summed E-state index contributed by atoms with van der Waals surface area (Å²) in [5.74, 6) is 2.87. The summed E-state index contributed by atoms with van der Waals surface area (Å²) >= 11 is 1.94. The Kier molecular flexibility index (Phi) is 6.16. The van der Waals surface area contributed by atoms with Crippen molar-refractivity contribution in [2.45, 2.75) is 44.9 Å². The van der Waals surface area contributed by atoms with Crippen LogP contribution in [0.4, 0.5) is 0 Å². The molecule has 1 heterocycles. The van der Waals surface area contributed by atoms with Gasteiger partial charge in [-0.1, -0.05) is 26.0 Å². The molecule has 1 aromatic carbocycles. The van der Waals surface area contributed by atoms with Crippen LogP contribution in [-0.2, 0) is 11.2 Å². The zero-order chi connectivity index (χ0) is 15.2. The largest absolute Gasteiger partial charge is 0.343 e. The van der Waals surface area contributed by atoms with Gasteiger partial charge < -0.3 is 4.90 Å². The van der Waals surface area contributed by atoms with E-state index in [0.717, 1.165) is 44.2 Å². The molecule has 0 unspecified atom stereocenters. The molecule has 0 atom stereocenters. The van der Waals surface area contributed by atoms with E-state index in [-0.39, 0.29) is 5.91 Å². The number of thioether (sulfide) groups is 1. The molecular weight excluding hydrogens is 278 g/mol. The van der Waals surface area contributed by atoms with Crippen LogP contribution in [0.2, 0.25) is 0 Å². The van der Waals surface area contributed by atoms with Gasteiger partial charge in [-0.25, -0.2) is 0 Å². The molecule has 0 aromatic heterocycles.